The first kappa shape index (κ1) is 17.8. The summed E-state index contributed by atoms with van der Waals surface area (Å²) in [5, 5.41) is 9.50. The van der Waals surface area contributed by atoms with Crippen LogP contribution in [0.2, 0.25) is 0 Å². The van der Waals surface area contributed by atoms with Crippen molar-refractivity contribution in [1.29, 1.82) is 0 Å². The number of carbonyl (C=O) groups excluding carboxylic acids is 2. The van der Waals surface area contributed by atoms with E-state index in [4.69, 9.17) is 4.42 Å². The molecule has 0 fully saturated rings. The topological polar surface area (TPSA) is 75.4 Å². The lowest BCUT2D eigenvalue weighted by molar-refractivity contribution is 0.0986. The third-order valence-corrected chi connectivity index (χ3v) is 6.33. The SMILES string of the molecule is O=C(Nc1ccc2c(c1)CCN2C(=O)c1ccoc1)c1csc(-c2ccsc2)n1. The zero-order chi connectivity index (χ0) is 19.8. The summed E-state index contributed by atoms with van der Waals surface area (Å²) in [7, 11) is 0. The van der Waals surface area contributed by atoms with Gasteiger partial charge in [0, 0.05) is 34.2 Å². The lowest BCUT2D eigenvalue weighted by Crippen LogP contribution is -2.28. The molecular formula is C21H15N3O3S2. The Morgan fingerprint density at radius 3 is 2.90 bits per heavy atom. The normalized spacial score (nSPS) is 12.8. The number of anilines is 2. The molecule has 6 nitrogen and oxygen atoms in total. The fraction of sp³-hybridized carbons (Fsp3) is 0.0952. The Bertz CT molecular complexity index is 1180. The van der Waals surface area contributed by atoms with Gasteiger partial charge in [-0.15, -0.1) is 11.3 Å². The summed E-state index contributed by atoms with van der Waals surface area (Å²) >= 11 is 3.05. The number of thiophene rings is 1. The molecule has 1 aliphatic heterocycles. The molecule has 0 saturated carbocycles. The summed E-state index contributed by atoms with van der Waals surface area (Å²) in [6.07, 6.45) is 3.68. The molecule has 4 heterocycles. The molecule has 0 spiro atoms. The highest BCUT2D eigenvalue weighted by Gasteiger charge is 2.26. The Labute approximate surface area is 174 Å². The number of fused-ring (bicyclic) bond motifs is 1. The van der Waals surface area contributed by atoms with E-state index in [-0.39, 0.29) is 11.8 Å². The van der Waals surface area contributed by atoms with Crippen molar-refractivity contribution in [3.8, 4) is 10.6 Å². The molecule has 29 heavy (non-hydrogen) atoms. The van der Waals surface area contributed by atoms with Crippen molar-refractivity contribution in [3.63, 3.8) is 0 Å². The summed E-state index contributed by atoms with van der Waals surface area (Å²) < 4.78 is 5.01. The number of hydrogen-bond acceptors (Lipinski definition) is 6. The second-order valence-corrected chi connectivity index (χ2v) is 8.20. The Balaban J connectivity index is 1.32. The highest BCUT2D eigenvalue weighted by molar-refractivity contribution is 7.14. The van der Waals surface area contributed by atoms with Crippen LogP contribution in [0.3, 0.4) is 0 Å². The molecule has 0 saturated heterocycles. The highest BCUT2D eigenvalue weighted by atomic mass is 32.1. The van der Waals surface area contributed by atoms with Crippen LogP contribution in [-0.2, 0) is 6.42 Å². The molecule has 3 aromatic heterocycles. The van der Waals surface area contributed by atoms with Crippen LogP contribution in [0, 0.1) is 0 Å². The van der Waals surface area contributed by atoms with Gasteiger partial charge in [-0.1, -0.05) is 0 Å². The number of hydrogen-bond donors (Lipinski definition) is 1. The van der Waals surface area contributed by atoms with Gasteiger partial charge >= 0.3 is 0 Å². The van der Waals surface area contributed by atoms with E-state index in [1.54, 1.807) is 27.7 Å². The van der Waals surface area contributed by atoms with Crippen molar-refractivity contribution < 1.29 is 14.0 Å². The van der Waals surface area contributed by atoms with Gasteiger partial charge in [0.15, 0.2) is 0 Å². The van der Waals surface area contributed by atoms with E-state index in [2.05, 4.69) is 10.3 Å². The molecule has 1 aromatic carbocycles. The first-order valence-corrected chi connectivity index (χ1v) is 10.8. The standard InChI is InChI=1S/C21H15N3O3S2/c25-19(17-12-29-20(23-17)15-5-8-28-11-15)22-16-1-2-18-13(9-16)3-6-24(18)21(26)14-4-7-27-10-14/h1-2,4-5,7-12H,3,6H2,(H,22,25). The molecule has 0 aliphatic carbocycles. The number of thiazole rings is 1. The van der Waals surface area contributed by atoms with Crippen LogP contribution in [0.15, 0.2) is 63.4 Å². The van der Waals surface area contributed by atoms with Crippen molar-refractivity contribution in [1.82, 2.24) is 4.98 Å². The summed E-state index contributed by atoms with van der Waals surface area (Å²) in [4.78, 5) is 31.4. The number of carbonyl (C=O) groups is 2. The van der Waals surface area contributed by atoms with Gasteiger partial charge in [0.2, 0.25) is 0 Å². The number of aromatic nitrogens is 1. The Kier molecular flexibility index (Phi) is 4.49. The fourth-order valence-corrected chi connectivity index (χ4v) is 4.84. The number of rotatable bonds is 4. The number of amides is 2. The van der Waals surface area contributed by atoms with Crippen LogP contribution in [-0.4, -0.2) is 23.3 Å². The molecule has 5 rings (SSSR count). The second kappa shape index (κ2) is 7.31. The number of furan rings is 1. The smallest absolute Gasteiger partial charge is 0.275 e. The predicted octanol–water partition coefficient (Wildman–Crippen LogP) is 4.92. The first-order valence-electron chi connectivity index (χ1n) is 8.95. The van der Waals surface area contributed by atoms with E-state index in [9.17, 15) is 9.59 Å². The molecule has 2 amide bonds. The van der Waals surface area contributed by atoms with Gasteiger partial charge in [-0.2, -0.15) is 11.3 Å². The maximum Gasteiger partial charge on any atom is 0.275 e. The van der Waals surface area contributed by atoms with Gasteiger partial charge in [-0.25, -0.2) is 4.98 Å². The molecular weight excluding hydrogens is 406 g/mol. The molecule has 0 atom stereocenters. The second-order valence-electron chi connectivity index (χ2n) is 6.57. The Morgan fingerprint density at radius 2 is 2.10 bits per heavy atom. The van der Waals surface area contributed by atoms with Crippen LogP contribution in [0.5, 0.6) is 0 Å². The summed E-state index contributed by atoms with van der Waals surface area (Å²) in [5.74, 6) is -0.329. The van der Waals surface area contributed by atoms with Crippen molar-refractivity contribution in [2.45, 2.75) is 6.42 Å². The van der Waals surface area contributed by atoms with Gasteiger partial charge in [0.25, 0.3) is 11.8 Å². The van der Waals surface area contributed by atoms with Crippen LogP contribution >= 0.6 is 22.7 Å². The Morgan fingerprint density at radius 1 is 1.17 bits per heavy atom. The first-order chi connectivity index (χ1) is 14.2. The third kappa shape index (κ3) is 3.37. The summed E-state index contributed by atoms with van der Waals surface area (Å²) in [6, 6.07) is 9.25. The van der Waals surface area contributed by atoms with Gasteiger partial charge in [-0.05, 0) is 47.7 Å². The van der Waals surface area contributed by atoms with E-state index in [0.717, 1.165) is 28.2 Å². The molecule has 0 unspecified atom stereocenters. The minimum Gasteiger partial charge on any atom is -0.472 e. The highest BCUT2D eigenvalue weighted by Crippen LogP contribution is 2.32. The van der Waals surface area contributed by atoms with E-state index in [0.29, 0.717) is 23.5 Å². The van der Waals surface area contributed by atoms with E-state index >= 15 is 0 Å². The molecule has 0 bridgehead atoms. The molecule has 144 valence electrons. The van der Waals surface area contributed by atoms with Crippen LogP contribution < -0.4 is 10.2 Å². The van der Waals surface area contributed by atoms with Crippen LogP contribution in [0.25, 0.3) is 10.6 Å². The average molecular weight is 422 g/mol. The largest absolute Gasteiger partial charge is 0.472 e. The third-order valence-electron chi connectivity index (χ3n) is 4.75. The lowest BCUT2D eigenvalue weighted by Gasteiger charge is -2.16. The maximum atomic E-state index is 12.6. The fourth-order valence-electron chi connectivity index (χ4n) is 3.32. The van der Waals surface area contributed by atoms with Gasteiger partial charge < -0.3 is 14.6 Å². The molecule has 4 aromatic rings. The maximum absolute atomic E-state index is 12.6. The van der Waals surface area contributed by atoms with Crippen molar-refractivity contribution >= 4 is 45.9 Å². The predicted molar refractivity (Wildman–Crippen MR) is 114 cm³/mol. The van der Waals surface area contributed by atoms with Crippen LogP contribution in [0.4, 0.5) is 11.4 Å². The van der Waals surface area contributed by atoms with E-state index < -0.39 is 0 Å². The number of benzene rings is 1. The lowest BCUT2D eigenvalue weighted by atomic mass is 10.1. The molecule has 0 radical (unpaired) electrons. The van der Waals surface area contributed by atoms with Crippen molar-refractivity contribution in [2.24, 2.45) is 0 Å². The van der Waals surface area contributed by atoms with Gasteiger partial charge in [0.1, 0.15) is 17.0 Å². The molecule has 1 N–H and O–H groups in total. The zero-order valence-corrected chi connectivity index (χ0v) is 16.8. The Hall–Kier alpha value is -3.23. The average Bonchev–Trinajstić information content (AvgIpc) is 3.54. The molecule has 8 heteroatoms. The number of nitrogens with one attached hydrogen (secondary N) is 1. The quantitative estimate of drug-likeness (QED) is 0.507. The van der Waals surface area contributed by atoms with Crippen molar-refractivity contribution in [3.05, 3.63) is 75.8 Å². The van der Waals surface area contributed by atoms with Gasteiger partial charge in [-0.3, -0.25) is 9.59 Å². The minimum atomic E-state index is -0.244. The van der Waals surface area contributed by atoms with Crippen LogP contribution in [0.1, 0.15) is 26.4 Å². The number of nitrogens with zero attached hydrogens (tertiary/aromatic N) is 2. The zero-order valence-electron chi connectivity index (χ0n) is 15.1. The van der Waals surface area contributed by atoms with E-state index in [1.807, 2.05) is 35.0 Å². The summed E-state index contributed by atoms with van der Waals surface area (Å²) in [5.41, 5.74) is 4.53. The van der Waals surface area contributed by atoms with Crippen molar-refractivity contribution in [2.75, 3.05) is 16.8 Å². The molecule has 1 aliphatic rings. The van der Waals surface area contributed by atoms with E-state index in [1.165, 1.54) is 23.9 Å². The monoisotopic (exact) mass is 421 g/mol. The minimum absolute atomic E-state index is 0.0854. The van der Waals surface area contributed by atoms with Gasteiger partial charge in [0.05, 0.1) is 11.8 Å². The summed E-state index contributed by atoms with van der Waals surface area (Å²) in [6.45, 7) is 0.604.